The number of methoxy groups -OCH3 is 2. The Bertz CT molecular complexity index is 1270. The van der Waals surface area contributed by atoms with Crippen molar-refractivity contribution in [1.29, 1.82) is 0 Å². The lowest BCUT2D eigenvalue weighted by atomic mass is 9.96. The number of aromatic nitrogens is 2. The Hall–Kier alpha value is -3.69. The Morgan fingerprint density at radius 3 is 2.57 bits per heavy atom. The number of hydrogen-bond acceptors (Lipinski definition) is 5. The number of rotatable bonds is 5. The first-order valence-corrected chi connectivity index (χ1v) is 11.3. The van der Waals surface area contributed by atoms with Crippen LogP contribution in [-0.4, -0.2) is 36.1 Å². The van der Waals surface area contributed by atoms with E-state index in [1.165, 1.54) is 31.4 Å². The minimum atomic E-state index is -4.55. The smallest absolute Gasteiger partial charge is 0.410 e. The van der Waals surface area contributed by atoms with Crippen molar-refractivity contribution in [2.75, 3.05) is 24.9 Å². The minimum Gasteiger partial charge on any atom is -0.493 e. The zero-order chi connectivity index (χ0) is 24.7. The minimum absolute atomic E-state index is 0.0878. The zero-order valence-electron chi connectivity index (χ0n) is 19.3. The lowest BCUT2D eigenvalue weighted by molar-refractivity contribution is -0.173. The van der Waals surface area contributed by atoms with E-state index >= 15 is 0 Å². The third-order valence-electron chi connectivity index (χ3n) is 6.59. The van der Waals surface area contributed by atoms with Crippen molar-refractivity contribution < 1.29 is 27.4 Å². The first-order valence-electron chi connectivity index (χ1n) is 11.3. The molecule has 1 amide bonds. The lowest BCUT2D eigenvalue weighted by Crippen LogP contribution is -2.35. The summed E-state index contributed by atoms with van der Waals surface area (Å²) in [5.74, 6) is 0.464. The summed E-state index contributed by atoms with van der Waals surface area (Å²) in [5, 5.41) is 9.90. The molecule has 0 fully saturated rings. The number of carbonyl (C=O) groups excluding carboxylic acids is 1. The summed E-state index contributed by atoms with van der Waals surface area (Å²) in [7, 11) is 2.96. The average Bonchev–Trinajstić information content (AvgIpc) is 3.48. The molecule has 0 radical (unpaired) electrons. The van der Waals surface area contributed by atoms with Gasteiger partial charge in [0.15, 0.2) is 23.2 Å². The van der Waals surface area contributed by atoms with Gasteiger partial charge in [0.25, 0.3) is 5.91 Å². The first-order chi connectivity index (χ1) is 16.8. The van der Waals surface area contributed by atoms with Crippen molar-refractivity contribution in [3.8, 4) is 11.5 Å². The van der Waals surface area contributed by atoms with Crippen LogP contribution < -0.4 is 20.1 Å². The number of anilines is 2. The van der Waals surface area contributed by atoms with E-state index in [2.05, 4.69) is 15.7 Å². The molecule has 2 aliphatic rings. The van der Waals surface area contributed by atoms with Crippen LogP contribution in [0.2, 0.25) is 0 Å². The number of aryl methyl sites for hydroxylation is 2. The largest absolute Gasteiger partial charge is 0.493 e. The van der Waals surface area contributed by atoms with Gasteiger partial charge < -0.3 is 20.1 Å². The predicted octanol–water partition coefficient (Wildman–Crippen LogP) is 5.30. The van der Waals surface area contributed by atoms with Gasteiger partial charge in [-0.2, -0.15) is 18.3 Å². The van der Waals surface area contributed by atoms with E-state index in [1.807, 2.05) is 18.2 Å². The Balaban J connectivity index is 1.43. The molecule has 0 bridgehead atoms. The summed E-state index contributed by atoms with van der Waals surface area (Å²) in [6.45, 7) is 0. The number of halogens is 3. The van der Waals surface area contributed by atoms with E-state index in [1.54, 1.807) is 18.2 Å². The first kappa shape index (κ1) is 23.1. The molecule has 0 saturated heterocycles. The van der Waals surface area contributed by atoms with E-state index < -0.39 is 24.2 Å². The van der Waals surface area contributed by atoms with E-state index in [-0.39, 0.29) is 17.9 Å². The van der Waals surface area contributed by atoms with Crippen molar-refractivity contribution in [2.24, 2.45) is 0 Å². The van der Waals surface area contributed by atoms with Crippen molar-refractivity contribution in [1.82, 2.24) is 9.78 Å². The zero-order valence-corrected chi connectivity index (χ0v) is 19.3. The molecule has 1 aliphatic heterocycles. The summed E-state index contributed by atoms with van der Waals surface area (Å²) in [4.78, 5) is 12.9. The molecule has 7 nitrogen and oxygen atoms in total. The van der Waals surface area contributed by atoms with Crippen LogP contribution in [0.3, 0.4) is 0 Å². The van der Waals surface area contributed by atoms with Crippen LogP contribution in [0.15, 0.2) is 42.5 Å². The van der Waals surface area contributed by atoms with Crippen LogP contribution in [0.5, 0.6) is 11.5 Å². The number of ether oxygens (including phenoxy) is 2. The number of amides is 1. The number of nitrogens with zero attached hydrogens (tertiary/aromatic N) is 2. The number of hydrogen-bond donors (Lipinski definition) is 2. The van der Waals surface area contributed by atoms with E-state index in [9.17, 15) is 18.0 Å². The molecule has 2 aromatic carbocycles. The highest BCUT2D eigenvalue weighted by Gasteiger charge is 2.47. The molecule has 0 saturated carbocycles. The fourth-order valence-corrected chi connectivity index (χ4v) is 4.82. The maximum absolute atomic E-state index is 14.0. The van der Waals surface area contributed by atoms with Crippen LogP contribution in [-0.2, 0) is 12.8 Å². The van der Waals surface area contributed by atoms with E-state index in [4.69, 9.17) is 9.47 Å². The average molecular weight is 486 g/mol. The summed E-state index contributed by atoms with van der Waals surface area (Å²) >= 11 is 0. The molecule has 2 heterocycles. The monoisotopic (exact) mass is 486 g/mol. The second kappa shape index (κ2) is 8.83. The van der Waals surface area contributed by atoms with Crippen molar-refractivity contribution in [2.45, 2.75) is 43.9 Å². The normalized spacial score (nSPS) is 18.9. The Labute approximate surface area is 200 Å². The molecule has 3 aromatic rings. The number of fused-ring (bicyclic) bond motifs is 2. The van der Waals surface area contributed by atoms with Crippen LogP contribution >= 0.6 is 0 Å². The van der Waals surface area contributed by atoms with E-state index in [0.29, 0.717) is 22.7 Å². The molecule has 2 atom stereocenters. The van der Waals surface area contributed by atoms with Crippen LogP contribution in [0.1, 0.15) is 52.1 Å². The lowest BCUT2D eigenvalue weighted by Gasteiger charge is -2.33. The highest BCUT2D eigenvalue weighted by molar-refractivity contribution is 6.03. The van der Waals surface area contributed by atoms with Crippen LogP contribution in [0.25, 0.3) is 0 Å². The van der Waals surface area contributed by atoms with Crippen molar-refractivity contribution in [3.63, 3.8) is 0 Å². The van der Waals surface area contributed by atoms with Gasteiger partial charge in [0, 0.05) is 18.2 Å². The number of carbonyl (C=O) groups is 1. The quantitative estimate of drug-likeness (QED) is 0.512. The maximum Gasteiger partial charge on any atom is 0.410 e. The second-order valence-corrected chi connectivity index (χ2v) is 8.76. The van der Waals surface area contributed by atoms with Gasteiger partial charge in [-0.25, -0.2) is 4.68 Å². The highest BCUT2D eigenvalue weighted by Crippen LogP contribution is 2.44. The van der Waals surface area contributed by atoms with Crippen LogP contribution in [0.4, 0.5) is 24.7 Å². The van der Waals surface area contributed by atoms with Gasteiger partial charge >= 0.3 is 6.18 Å². The number of alkyl halides is 3. The maximum atomic E-state index is 14.0. The van der Waals surface area contributed by atoms with Gasteiger partial charge in [0.1, 0.15) is 5.82 Å². The summed E-state index contributed by atoms with van der Waals surface area (Å²) < 4.78 is 53.5. The number of nitrogens with one attached hydrogen (secondary N) is 2. The van der Waals surface area contributed by atoms with Gasteiger partial charge in [0.2, 0.25) is 0 Å². The predicted molar refractivity (Wildman–Crippen MR) is 124 cm³/mol. The third kappa shape index (κ3) is 4.40. The van der Waals surface area contributed by atoms with Gasteiger partial charge in [-0.05, 0) is 60.2 Å². The molecule has 0 spiro atoms. The molecule has 1 aliphatic carbocycles. The van der Waals surface area contributed by atoms with Crippen molar-refractivity contribution >= 4 is 17.4 Å². The molecule has 2 N–H and O–H groups in total. The second-order valence-electron chi connectivity index (χ2n) is 8.76. The molecule has 35 heavy (non-hydrogen) atoms. The van der Waals surface area contributed by atoms with Gasteiger partial charge in [-0.15, -0.1) is 0 Å². The standard InChI is InChI=1S/C25H25F3N4O3/c1-34-20-9-7-16(11-21(20)35-2)18-12-22(25(26,27)28)32-23(30-18)13-19(31-32)24(33)29-17-8-6-14-4-3-5-15(14)10-17/h6-11,13,18,22,30H,3-5,12H2,1-2H3,(H,29,33)/t18-,22+/m1/s1. The summed E-state index contributed by atoms with van der Waals surface area (Å²) in [5.41, 5.74) is 3.57. The number of benzene rings is 2. The summed E-state index contributed by atoms with van der Waals surface area (Å²) in [6, 6.07) is 9.50. The molecule has 1 aromatic heterocycles. The molecule has 0 unspecified atom stereocenters. The molecule has 184 valence electrons. The Morgan fingerprint density at radius 1 is 1.06 bits per heavy atom. The fourth-order valence-electron chi connectivity index (χ4n) is 4.82. The fraction of sp³-hybridized carbons (Fsp3) is 0.360. The molecule has 10 heteroatoms. The van der Waals surface area contributed by atoms with Crippen molar-refractivity contribution in [3.05, 3.63) is 64.8 Å². The van der Waals surface area contributed by atoms with Gasteiger partial charge in [-0.3, -0.25) is 4.79 Å². The SMILES string of the molecule is COc1ccc([C@H]2C[C@@H](C(F)(F)F)n3nc(C(=O)Nc4ccc5c(c4)CCC5)cc3N2)cc1OC. The highest BCUT2D eigenvalue weighted by atomic mass is 19.4. The van der Waals surface area contributed by atoms with Gasteiger partial charge in [-0.1, -0.05) is 12.1 Å². The Kier molecular flexibility index (Phi) is 5.82. The molecule has 5 rings (SSSR count). The van der Waals surface area contributed by atoms with Crippen LogP contribution in [0, 0.1) is 0 Å². The third-order valence-corrected chi connectivity index (χ3v) is 6.59. The van der Waals surface area contributed by atoms with Gasteiger partial charge in [0.05, 0.1) is 20.3 Å². The molecular formula is C25H25F3N4O3. The Morgan fingerprint density at radius 2 is 1.83 bits per heavy atom. The molecular weight excluding hydrogens is 461 g/mol. The van der Waals surface area contributed by atoms with E-state index in [0.717, 1.165) is 23.9 Å². The summed E-state index contributed by atoms with van der Waals surface area (Å²) in [6.07, 6.45) is -1.80. The topological polar surface area (TPSA) is 77.4 Å².